The van der Waals surface area contributed by atoms with Crippen LogP contribution in [0.2, 0.25) is 0 Å². The van der Waals surface area contributed by atoms with E-state index in [1.54, 1.807) is 0 Å². The van der Waals surface area contributed by atoms with Crippen LogP contribution in [0, 0.1) is 5.92 Å². The molecule has 0 atom stereocenters. The summed E-state index contributed by atoms with van der Waals surface area (Å²) in [7, 11) is -3.47. The molecule has 0 spiro atoms. The molecule has 0 unspecified atom stereocenters. The van der Waals surface area contributed by atoms with Crippen LogP contribution in [0.1, 0.15) is 19.3 Å². The smallest absolute Gasteiger partial charge is 0.404 e. The van der Waals surface area contributed by atoms with E-state index < -0.39 is 22.1 Å². The molecular formula is C15H21F3N4O3S. The predicted octanol–water partition coefficient (Wildman–Crippen LogP) is 2.03. The maximum atomic E-state index is 12.4. The summed E-state index contributed by atoms with van der Waals surface area (Å²) < 4.78 is 67.2. The maximum absolute atomic E-state index is 12.4. The molecule has 4 N–H and O–H groups in total. The zero-order valence-corrected chi connectivity index (χ0v) is 14.7. The first-order valence-electron chi connectivity index (χ1n) is 8.04. The van der Waals surface area contributed by atoms with E-state index in [9.17, 15) is 21.6 Å². The molecule has 0 saturated heterocycles. The van der Waals surface area contributed by atoms with Gasteiger partial charge in [-0.15, -0.1) is 13.2 Å². The summed E-state index contributed by atoms with van der Waals surface area (Å²) in [6.45, 7) is 0.295. The van der Waals surface area contributed by atoms with Crippen LogP contribution < -0.4 is 20.5 Å². The largest absolute Gasteiger partial charge is 0.573 e. The molecule has 0 aromatic heterocycles. The number of benzene rings is 1. The Labute approximate surface area is 149 Å². The third-order valence-corrected chi connectivity index (χ3v) is 5.16. The lowest BCUT2D eigenvalue weighted by Crippen LogP contribution is -2.34. The van der Waals surface area contributed by atoms with E-state index in [0.717, 1.165) is 25.3 Å². The van der Waals surface area contributed by atoms with Crippen molar-refractivity contribution in [2.75, 3.05) is 24.2 Å². The van der Waals surface area contributed by atoms with Crippen molar-refractivity contribution in [2.45, 2.75) is 25.6 Å². The lowest BCUT2D eigenvalue weighted by Gasteiger charge is -2.25. The van der Waals surface area contributed by atoms with Gasteiger partial charge in [-0.05, 0) is 30.9 Å². The Balaban J connectivity index is 1.86. The van der Waals surface area contributed by atoms with Crippen molar-refractivity contribution in [1.29, 1.82) is 0 Å². The van der Waals surface area contributed by atoms with Gasteiger partial charge in [-0.1, -0.05) is 18.6 Å². The average Bonchev–Trinajstić information content (AvgIpc) is 2.46. The quantitative estimate of drug-likeness (QED) is 0.462. The van der Waals surface area contributed by atoms with Gasteiger partial charge in [-0.25, -0.2) is 13.1 Å². The zero-order valence-electron chi connectivity index (χ0n) is 13.9. The molecule has 0 bridgehead atoms. The summed E-state index contributed by atoms with van der Waals surface area (Å²) in [5.41, 5.74) is 5.58. The number of anilines is 1. The Bertz CT molecular complexity index is 734. The predicted molar refractivity (Wildman–Crippen MR) is 92.4 cm³/mol. The second kappa shape index (κ2) is 8.58. The van der Waals surface area contributed by atoms with Crippen LogP contribution in [0.3, 0.4) is 0 Å². The highest BCUT2D eigenvalue weighted by Crippen LogP contribution is 2.29. The van der Waals surface area contributed by atoms with E-state index >= 15 is 0 Å². The van der Waals surface area contributed by atoms with Crippen LogP contribution in [0.5, 0.6) is 5.75 Å². The number of nitrogens with two attached hydrogens (primary N) is 1. The fraction of sp³-hybridized carbons (Fsp3) is 0.533. The highest BCUT2D eigenvalue weighted by atomic mass is 32.2. The number of alkyl halides is 3. The van der Waals surface area contributed by atoms with E-state index in [4.69, 9.17) is 5.73 Å². The number of para-hydroxylation sites is 2. The third kappa shape index (κ3) is 7.08. The number of hydrogen-bond donors (Lipinski definition) is 3. The fourth-order valence-corrected chi connectivity index (χ4v) is 3.23. The first-order valence-corrected chi connectivity index (χ1v) is 9.69. The van der Waals surface area contributed by atoms with Crippen molar-refractivity contribution in [3.8, 4) is 5.75 Å². The standard InChI is InChI=1S/C15H21F3N4O3S/c16-15(17,18)25-13-7-2-1-6-12(13)22-14(19)20-8-9-26(23,24)21-10-11-4-3-5-11/h1-2,6-7,11,21H,3-5,8-10H2,(H3,19,20,22). The van der Waals surface area contributed by atoms with E-state index in [0.29, 0.717) is 12.5 Å². The van der Waals surface area contributed by atoms with Crippen molar-refractivity contribution < 1.29 is 26.3 Å². The fourth-order valence-electron chi connectivity index (χ4n) is 2.26. The summed E-state index contributed by atoms with van der Waals surface area (Å²) in [5.74, 6) is -0.543. The van der Waals surface area contributed by atoms with E-state index in [1.807, 2.05) is 0 Å². The Hall–Kier alpha value is -2.01. The molecule has 146 valence electrons. The van der Waals surface area contributed by atoms with Gasteiger partial charge in [0.25, 0.3) is 0 Å². The molecule has 1 aromatic carbocycles. The minimum Gasteiger partial charge on any atom is -0.404 e. The third-order valence-electron chi connectivity index (χ3n) is 3.83. The lowest BCUT2D eigenvalue weighted by molar-refractivity contribution is -0.274. The van der Waals surface area contributed by atoms with Crippen LogP contribution >= 0.6 is 0 Å². The summed E-state index contributed by atoms with van der Waals surface area (Å²) in [6.07, 6.45) is -1.67. The Morgan fingerprint density at radius 3 is 2.62 bits per heavy atom. The van der Waals surface area contributed by atoms with Crippen LogP contribution in [0.25, 0.3) is 0 Å². The molecule has 2 rings (SSSR count). The summed E-state index contributed by atoms with van der Waals surface area (Å²) in [6, 6.07) is 5.33. The van der Waals surface area contributed by atoms with Gasteiger partial charge in [0.15, 0.2) is 11.7 Å². The molecular weight excluding hydrogens is 373 g/mol. The van der Waals surface area contributed by atoms with Gasteiger partial charge in [0.1, 0.15) is 0 Å². The number of guanidine groups is 1. The first-order chi connectivity index (χ1) is 12.1. The number of hydrogen-bond acceptors (Lipinski definition) is 4. The maximum Gasteiger partial charge on any atom is 0.573 e. The van der Waals surface area contributed by atoms with Gasteiger partial charge in [0, 0.05) is 6.54 Å². The number of nitrogens with one attached hydrogen (secondary N) is 2. The highest BCUT2D eigenvalue weighted by molar-refractivity contribution is 7.89. The highest BCUT2D eigenvalue weighted by Gasteiger charge is 2.32. The Kier molecular flexibility index (Phi) is 6.70. The van der Waals surface area contributed by atoms with Crippen LogP contribution in [-0.4, -0.2) is 39.6 Å². The number of ether oxygens (including phenoxy) is 1. The zero-order chi connectivity index (χ0) is 19.2. The summed E-state index contributed by atoms with van der Waals surface area (Å²) >= 11 is 0. The van der Waals surface area contributed by atoms with E-state index in [-0.39, 0.29) is 23.9 Å². The molecule has 0 aliphatic heterocycles. The van der Waals surface area contributed by atoms with Gasteiger partial charge < -0.3 is 15.8 Å². The van der Waals surface area contributed by atoms with Crippen molar-refractivity contribution in [1.82, 2.24) is 4.72 Å². The summed E-state index contributed by atoms with van der Waals surface area (Å²) in [4.78, 5) is 3.83. The van der Waals surface area contributed by atoms with E-state index in [2.05, 4.69) is 19.8 Å². The number of rotatable bonds is 8. The molecule has 1 aliphatic carbocycles. The Morgan fingerprint density at radius 1 is 1.31 bits per heavy atom. The molecule has 1 fully saturated rings. The molecule has 1 aromatic rings. The molecule has 1 saturated carbocycles. The second-order valence-electron chi connectivity index (χ2n) is 5.90. The van der Waals surface area contributed by atoms with Crippen LogP contribution in [0.4, 0.5) is 18.9 Å². The van der Waals surface area contributed by atoms with Crippen molar-refractivity contribution in [3.05, 3.63) is 24.3 Å². The van der Waals surface area contributed by atoms with Gasteiger partial charge in [0.05, 0.1) is 18.0 Å². The monoisotopic (exact) mass is 394 g/mol. The van der Waals surface area contributed by atoms with E-state index in [1.165, 1.54) is 18.2 Å². The Morgan fingerprint density at radius 2 is 2.00 bits per heavy atom. The van der Waals surface area contributed by atoms with Crippen molar-refractivity contribution in [2.24, 2.45) is 16.6 Å². The number of sulfonamides is 1. The van der Waals surface area contributed by atoms with Gasteiger partial charge in [0.2, 0.25) is 10.0 Å². The molecule has 0 radical (unpaired) electrons. The average molecular weight is 394 g/mol. The van der Waals surface area contributed by atoms with Crippen LogP contribution in [-0.2, 0) is 10.0 Å². The minimum atomic E-state index is -4.84. The molecule has 26 heavy (non-hydrogen) atoms. The SMILES string of the molecule is NC(=NCCS(=O)(=O)NCC1CCC1)Nc1ccccc1OC(F)(F)F. The van der Waals surface area contributed by atoms with Crippen molar-refractivity contribution >= 4 is 21.7 Å². The first kappa shape index (κ1) is 20.3. The molecule has 0 amide bonds. The number of nitrogens with zero attached hydrogens (tertiary/aromatic N) is 1. The normalized spacial score (nSPS) is 16.2. The molecule has 11 heteroatoms. The summed E-state index contributed by atoms with van der Waals surface area (Å²) in [5, 5.41) is 2.48. The van der Waals surface area contributed by atoms with Gasteiger partial charge in [-0.2, -0.15) is 0 Å². The number of halogens is 3. The lowest BCUT2D eigenvalue weighted by atomic mass is 9.86. The topological polar surface area (TPSA) is 106 Å². The molecule has 0 heterocycles. The second-order valence-corrected chi connectivity index (χ2v) is 7.83. The van der Waals surface area contributed by atoms with Crippen molar-refractivity contribution in [3.63, 3.8) is 0 Å². The van der Waals surface area contributed by atoms with Crippen LogP contribution in [0.15, 0.2) is 29.3 Å². The van der Waals surface area contributed by atoms with Gasteiger partial charge in [-0.3, -0.25) is 4.99 Å². The minimum absolute atomic E-state index is 0.0305. The molecule has 7 nitrogen and oxygen atoms in total. The number of aliphatic imine (C=N–C) groups is 1. The van der Waals surface area contributed by atoms with Gasteiger partial charge >= 0.3 is 6.36 Å². The molecule has 1 aliphatic rings.